The van der Waals surface area contributed by atoms with E-state index >= 15 is 0 Å². The molecule has 0 spiro atoms. The quantitative estimate of drug-likeness (QED) is 0.824. The predicted octanol–water partition coefficient (Wildman–Crippen LogP) is 4.43. The number of aromatic nitrogens is 1. The predicted molar refractivity (Wildman–Crippen MR) is 86.8 cm³/mol. The van der Waals surface area contributed by atoms with Gasteiger partial charge in [-0.1, -0.05) is 31.0 Å². The summed E-state index contributed by atoms with van der Waals surface area (Å²) in [4.78, 5) is 4.55. The SMILES string of the molecule is COc1nc2c(c(-c3ccccc3F)c1C#N)CCCCCC2. The first-order chi connectivity index (χ1) is 11.3. The van der Waals surface area contributed by atoms with Gasteiger partial charge in [0.1, 0.15) is 17.4 Å². The summed E-state index contributed by atoms with van der Waals surface area (Å²) in [5.41, 5.74) is 3.40. The summed E-state index contributed by atoms with van der Waals surface area (Å²) in [6, 6.07) is 8.78. The molecule has 1 aromatic heterocycles. The molecule has 23 heavy (non-hydrogen) atoms. The molecule has 0 unspecified atom stereocenters. The molecule has 0 fully saturated rings. The Bertz CT molecular complexity index is 765. The smallest absolute Gasteiger partial charge is 0.232 e. The molecule has 0 amide bonds. The van der Waals surface area contributed by atoms with E-state index in [0.717, 1.165) is 43.4 Å². The molecule has 0 aliphatic heterocycles. The van der Waals surface area contributed by atoms with Gasteiger partial charge < -0.3 is 4.74 Å². The first-order valence-corrected chi connectivity index (χ1v) is 8.01. The minimum atomic E-state index is -0.318. The van der Waals surface area contributed by atoms with E-state index in [1.165, 1.54) is 19.6 Å². The second-order valence-corrected chi connectivity index (χ2v) is 5.80. The minimum absolute atomic E-state index is 0.296. The molecule has 0 N–H and O–H groups in total. The second-order valence-electron chi connectivity index (χ2n) is 5.80. The molecule has 0 radical (unpaired) electrons. The summed E-state index contributed by atoms with van der Waals surface area (Å²) in [6.07, 6.45) is 6.10. The molecule has 1 heterocycles. The largest absolute Gasteiger partial charge is 0.480 e. The van der Waals surface area contributed by atoms with E-state index in [0.29, 0.717) is 22.6 Å². The van der Waals surface area contributed by atoms with Crippen LogP contribution in [0, 0.1) is 17.1 Å². The molecule has 118 valence electrons. The lowest BCUT2D eigenvalue weighted by atomic mass is 9.88. The number of fused-ring (bicyclic) bond motifs is 1. The summed E-state index contributed by atoms with van der Waals surface area (Å²) in [5, 5.41) is 9.62. The molecule has 1 aliphatic carbocycles. The molecule has 3 nitrogen and oxygen atoms in total. The van der Waals surface area contributed by atoms with Crippen LogP contribution in [0.15, 0.2) is 24.3 Å². The van der Waals surface area contributed by atoms with Gasteiger partial charge in [0, 0.05) is 16.8 Å². The number of methoxy groups -OCH3 is 1. The van der Waals surface area contributed by atoms with E-state index in [2.05, 4.69) is 11.1 Å². The van der Waals surface area contributed by atoms with Crippen LogP contribution in [-0.4, -0.2) is 12.1 Å². The van der Waals surface area contributed by atoms with Gasteiger partial charge in [-0.3, -0.25) is 0 Å². The summed E-state index contributed by atoms with van der Waals surface area (Å²) in [7, 11) is 1.50. The Balaban J connectivity index is 2.32. The fourth-order valence-corrected chi connectivity index (χ4v) is 3.28. The number of rotatable bonds is 2. The number of halogens is 1. The Labute approximate surface area is 135 Å². The summed E-state index contributed by atoms with van der Waals surface area (Å²) < 4.78 is 19.7. The van der Waals surface area contributed by atoms with Crippen LogP contribution in [0.5, 0.6) is 5.88 Å². The van der Waals surface area contributed by atoms with Crippen LogP contribution in [0.1, 0.15) is 42.5 Å². The van der Waals surface area contributed by atoms with Crippen molar-refractivity contribution in [3.05, 3.63) is 46.9 Å². The Morgan fingerprint density at radius 2 is 1.87 bits per heavy atom. The monoisotopic (exact) mass is 310 g/mol. The van der Waals surface area contributed by atoms with Crippen molar-refractivity contribution in [1.29, 1.82) is 5.26 Å². The van der Waals surface area contributed by atoms with Crippen molar-refractivity contribution in [2.75, 3.05) is 7.11 Å². The zero-order chi connectivity index (χ0) is 16.2. The van der Waals surface area contributed by atoms with Crippen LogP contribution >= 0.6 is 0 Å². The van der Waals surface area contributed by atoms with Crippen LogP contribution < -0.4 is 4.74 Å². The third-order valence-corrected chi connectivity index (χ3v) is 4.39. The fourth-order valence-electron chi connectivity index (χ4n) is 3.28. The van der Waals surface area contributed by atoms with Crippen LogP contribution in [0.3, 0.4) is 0 Å². The highest BCUT2D eigenvalue weighted by Gasteiger charge is 2.23. The number of nitriles is 1. The van der Waals surface area contributed by atoms with E-state index in [4.69, 9.17) is 4.74 Å². The van der Waals surface area contributed by atoms with Gasteiger partial charge in [0.25, 0.3) is 0 Å². The van der Waals surface area contributed by atoms with Crippen LogP contribution in [0.2, 0.25) is 0 Å². The molecule has 0 saturated carbocycles. The number of benzene rings is 1. The Hall–Kier alpha value is -2.41. The average Bonchev–Trinajstić information content (AvgIpc) is 2.55. The summed E-state index contributed by atoms with van der Waals surface area (Å²) in [6.45, 7) is 0. The van der Waals surface area contributed by atoms with Crippen LogP contribution in [0.25, 0.3) is 11.1 Å². The third kappa shape index (κ3) is 2.92. The lowest BCUT2D eigenvalue weighted by Crippen LogP contribution is -2.09. The zero-order valence-electron chi connectivity index (χ0n) is 13.2. The molecule has 2 aromatic rings. The van der Waals surface area contributed by atoms with Crippen molar-refractivity contribution >= 4 is 0 Å². The maximum Gasteiger partial charge on any atom is 0.232 e. The van der Waals surface area contributed by atoms with Gasteiger partial charge >= 0.3 is 0 Å². The molecule has 1 aromatic carbocycles. The molecular formula is C19H19FN2O. The topological polar surface area (TPSA) is 45.9 Å². The van der Waals surface area contributed by atoms with E-state index in [1.807, 2.05) is 0 Å². The molecule has 3 rings (SSSR count). The van der Waals surface area contributed by atoms with Gasteiger partial charge in [0.05, 0.1) is 7.11 Å². The first kappa shape index (κ1) is 15.5. The van der Waals surface area contributed by atoms with Gasteiger partial charge in [-0.15, -0.1) is 0 Å². The number of aryl methyl sites for hydroxylation is 1. The maximum atomic E-state index is 14.4. The van der Waals surface area contributed by atoms with Gasteiger partial charge in [-0.2, -0.15) is 5.26 Å². The number of hydrogen-bond donors (Lipinski definition) is 0. The zero-order valence-corrected chi connectivity index (χ0v) is 13.2. The highest BCUT2D eigenvalue weighted by Crippen LogP contribution is 2.37. The number of nitrogens with zero attached hydrogens (tertiary/aromatic N) is 2. The first-order valence-electron chi connectivity index (χ1n) is 8.01. The van der Waals surface area contributed by atoms with Crippen molar-refractivity contribution < 1.29 is 9.13 Å². The third-order valence-electron chi connectivity index (χ3n) is 4.39. The van der Waals surface area contributed by atoms with Crippen LogP contribution in [-0.2, 0) is 12.8 Å². The van der Waals surface area contributed by atoms with Crippen molar-refractivity contribution in [1.82, 2.24) is 4.98 Å². The molecule has 0 bridgehead atoms. The second kappa shape index (κ2) is 6.78. The van der Waals surface area contributed by atoms with Crippen molar-refractivity contribution in [3.63, 3.8) is 0 Å². The average molecular weight is 310 g/mol. The maximum absolute atomic E-state index is 14.4. The van der Waals surface area contributed by atoms with E-state index < -0.39 is 0 Å². The van der Waals surface area contributed by atoms with Gasteiger partial charge in [-0.25, -0.2) is 9.37 Å². The molecular weight excluding hydrogens is 291 g/mol. The molecule has 0 saturated heterocycles. The van der Waals surface area contributed by atoms with Crippen molar-refractivity contribution in [2.45, 2.75) is 38.5 Å². The molecule has 1 aliphatic rings. The van der Waals surface area contributed by atoms with Crippen molar-refractivity contribution in [3.8, 4) is 23.1 Å². The lowest BCUT2D eigenvalue weighted by Gasteiger charge is -2.20. The number of hydrogen-bond acceptors (Lipinski definition) is 3. The van der Waals surface area contributed by atoms with Gasteiger partial charge in [-0.05, 0) is 37.3 Å². The standard InChI is InChI=1S/C19H19FN2O/c1-23-19-15(12-21)18(13-8-6-7-10-16(13)20)14-9-4-2-3-5-11-17(14)22-19/h6-8,10H,2-5,9,11H2,1H3. The highest BCUT2D eigenvalue weighted by molar-refractivity contribution is 5.77. The summed E-state index contributed by atoms with van der Waals surface area (Å²) in [5.74, 6) is -0.0217. The van der Waals surface area contributed by atoms with Gasteiger partial charge in [0.2, 0.25) is 5.88 Å². The lowest BCUT2D eigenvalue weighted by molar-refractivity contribution is 0.394. The Kier molecular flexibility index (Phi) is 4.57. The van der Waals surface area contributed by atoms with E-state index in [9.17, 15) is 9.65 Å². The Morgan fingerprint density at radius 3 is 2.57 bits per heavy atom. The molecule has 0 atom stereocenters. The number of ether oxygens (including phenoxy) is 1. The van der Waals surface area contributed by atoms with E-state index in [-0.39, 0.29) is 5.82 Å². The van der Waals surface area contributed by atoms with Gasteiger partial charge in [0.15, 0.2) is 0 Å². The van der Waals surface area contributed by atoms with Crippen LogP contribution in [0.4, 0.5) is 4.39 Å². The summed E-state index contributed by atoms with van der Waals surface area (Å²) >= 11 is 0. The minimum Gasteiger partial charge on any atom is -0.480 e. The number of pyridine rings is 1. The van der Waals surface area contributed by atoms with E-state index in [1.54, 1.807) is 18.2 Å². The fraction of sp³-hybridized carbons (Fsp3) is 0.368. The van der Waals surface area contributed by atoms with Crippen molar-refractivity contribution in [2.24, 2.45) is 0 Å². The highest BCUT2D eigenvalue weighted by atomic mass is 19.1. The normalized spacial score (nSPS) is 14.3. The molecule has 4 heteroatoms. The Morgan fingerprint density at radius 1 is 1.13 bits per heavy atom.